The lowest BCUT2D eigenvalue weighted by Gasteiger charge is -2.36. The topological polar surface area (TPSA) is 105 Å². The predicted octanol–water partition coefficient (Wildman–Crippen LogP) is 2.69. The molecule has 4 aromatic rings. The normalized spacial score (nSPS) is 15.5. The molecule has 2 aliphatic heterocycles. The number of anilines is 6. The molecule has 5 heterocycles. The zero-order valence-corrected chi connectivity index (χ0v) is 21.2. The molecule has 0 spiro atoms. The molecule has 1 saturated heterocycles. The third-order valence-corrected chi connectivity index (χ3v) is 6.91. The number of aromatic nitrogens is 6. The highest BCUT2D eigenvalue weighted by Gasteiger charge is 2.23. The summed E-state index contributed by atoms with van der Waals surface area (Å²) in [5.41, 5.74) is 5.44. The van der Waals surface area contributed by atoms with Gasteiger partial charge in [-0.15, -0.1) is 0 Å². The molecule has 0 aliphatic carbocycles. The lowest BCUT2D eigenvalue weighted by Crippen LogP contribution is -2.47. The number of aromatic amines is 1. The van der Waals surface area contributed by atoms with Gasteiger partial charge in [-0.2, -0.15) is 4.98 Å². The molecule has 2 N–H and O–H groups in total. The van der Waals surface area contributed by atoms with Crippen LogP contribution in [0.3, 0.4) is 0 Å². The number of hydrogen-bond acceptors (Lipinski definition) is 10. The molecule has 37 heavy (non-hydrogen) atoms. The molecule has 6 rings (SSSR count). The fourth-order valence-corrected chi connectivity index (χ4v) is 4.87. The third-order valence-electron chi connectivity index (χ3n) is 6.91. The van der Waals surface area contributed by atoms with E-state index in [1.54, 1.807) is 18.7 Å². The van der Waals surface area contributed by atoms with Gasteiger partial charge in [-0.1, -0.05) is 0 Å². The summed E-state index contributed by atoms with van der Waals surface area (Å²) in [4.78, 5) is 34.9. The van der Waals surface area contributed by atoms with Gasteiger partial charge in [-0.3, -0.25) is 0 Å². The predicted molar refractivity (Wildman–Crippen MR) is 146 cm³/mol. The Hall–Kier alpha value is -4.41. The second-order valence-corrected chi connectivity index (χ2v) is 9.49. The van der Waals surface area contributed by atoms with Crippen LogP contribution in [0.1, 0.15) is 11.4 Å². The van der Waals surface area contributed by atoms with Crippen LogP contribution in [0.2, 0.25) is 0 Å². The molecular formula is C26H31N11. The first-order chi connectivity index (χ1) is 18.1. The first kappa shape index (κ1) is 23.0. The van der Waals surface area contributed by atoms with Crippen molar-refractivity contribution in [3.05, 3.63) is 66.6 Å². The summed E-state index contributed by atoms with van der Waals surface area (Å²) >= 11 is 0. The number of nitrogens with zero attached hydrogens (tertiary/aromatic N) is 9. The van der Waals surface area contributed by atoms with Crippen molar-refractivity contribution in [2.24, 2.45) is 0 Å². The maximum absolute atomic E-state index is 4.92. The van der Waals surface area contributed by atoms with Crippen LogP contribution in [-0.2, 0) is 13.0 Å². The van der Waals surface area contributed by atoms with Gasteiger partial charge >= 0.3 is 0 Å². The smallest absolute Gasteiger partial charge is 0.229 e. The monoisotopic (exact) mass is 497 g/mol. The Balaban J connectivity index is 1.13. The van der Waals surface area contributed by atoms with Crippen molar-refractivity contribution >= 4 is 34.8 Å². The van der Waals surface area contributed by atoms with E-state index in [2.05, 4.69) is 74.1 Å². The van der Waals surface area contributed by atoms with Gasteiger partial charge in [-0.05, 0) is 30.3 Å². The summed E-state index contributed by atoms with van der Waals surface area (Å²) in [6.07, 6.45) is 8.14. The van der Waals surface area contributed by atoms with Gasteiger partial charge in [-0.25, -0.2) is 19.9 Å². The number of rotatable bonds is 6. The minimum absolute atomic E-state index is 0.584. The van der Waals surface area contributed by atoms with Crippen LogP contribution in [-0.4, -0.2) is 76.7 Å². The highest BCUT2D eigenvalue weighted by Crippen LogP contribution is 2.31. The molecule has 0 radical (unpaired) electrons. The fourth-order valence-electron chi connectivity index (χ4n) is 4.87. The zero-order valence-electron chi connectivity index (χ0n) is 21.2. The fraction of sp³-hybridized carbons (Fsp3) is 0.346. The van der Waals surface area contributed by atoms with Crippen molar-refractivity contribution < 1.29 is 0 Å². The largest absolute Gasteiger partial charge is 0.373 e. The quantitative estimate of drug-likeness (QED) is 0.413. The van der Waals surface area contributed by atoms with Crippen molar-refractivity contribution in [1.82, 2.24) is 29.9 Å². The van der Waals surface area contributed by atoms with Crippen LogP contribution < -0.4 is 24.9 Å². The van der Waals surface area contributed by atoms with Crippen molar-refractivity contribution in [3.63, 3.8) is 0 Å². The number of benzene rings is 1. The molecule has 2 aliphatic rings. The van der Waals surface area contributed by atoms with E-state index in [0.717, 1.165) is 80.2 Å². The van der Waals surface area contributed by atoms with E-state index in [1.165, 1.54) is 5.69 Å². The van der Waals surface area contributed by atoms with Gasteiger partial charge in [0.1, 0.15) is 0 Å². The van der Waals surface area contributed by atoms with Crippen LogP contribution in [0.4, 0.5) is 34.8 Å². The van der Waals surface area contributed by atoms with E-state index >= 15 is 0 Å². The van der Waals surface area contributed by atoms with Crippen LogP contribution in [0, 0.1) is 0 Å². The zero-order chi connectivity index (χ0) is 25.2. The Morgan fingerprint density at radius 3 is 2.38 bits per heavy atom. The highest BCUT2D eigenvalue weighted by molar-refractivity contribution is 5.69. The molecule has 1 aromatic carbocycles. The SMILES string of the molecule is CN(C)c1cnc(Nc2ccc(N3CCN(c4ncccn4)CC3)cc2)nc1N1CCc2nc[nH]c2C1. The summed E-state index contributed by atoms with van der Waals surface area (Å²) in [7, 11) is 4.04. The molecule has 11 heteroatoms. The maximum Gasteiger partial charge on any atom is 0.229 e. The average Bonchev–Trinajstić information content (AvgIpc) is 3.42. The molecule has 11 nitrogen and oxygen atoms in total. The number of H-pyrrole nitrogens is 1. The van der Waals surface area contributed by atoms with E-state index < -0.39 is 0 Å². The summed E-state index contributed by atoms with van der Waals surface area (Å²) in [6, 6.07) is 10.3. The van der Waals surface area contributed by atoms with Gasteiger partial charge < -0.3 is 29.9 Å². The number of imidazole rings is 1. The van der Waals surface area contributed by atoms with Crippen molar-refractivity contribution in [3.8, 4) is 0 Å². The molecule has 3 aromatic heterocycles. The summed E-state index contributed by atoms with van der Waals surface area (Å²) in [5, 5.41) is 3.39. The standard InChI is InChI=1S/C26H31N11/c1-34(2)23-16-29-25(33-24(23)37-11-8-21-22(17-37)31-18-30-21)32-19-4-6-20(7-5-19)35-12-14-36(15-13-35)26-27-9-3-10-28-26/h3-7,9-10,16,18H,8,11-15,17H2,1-2H3,(H,30,31)(H,29,32,33). The van der Waals surface area contributed by atoms with Crippen LogP contribution in [0.25, 0.3) is 0 Å². The summed E-state index contributed by atoms with van der Waals surface area (Å²) in [6.45, 7) is 5.28. The van der Waals surface area contributed by atoms with Gasteiger partial charge in [0.15, 0.2) is 5.82 Å². The van der Waals surface area contributed by atoms with Gasteiger partial charge in [0, 0.05) is 77.0 Å². The van der Waals surface area contributed by atoms with Gasteiger partial charge in [0.25, 0.3) is 0 Å². The van der Waals surface area contributed by atoms with Crippen LogP contribution >= 0.6 is 0 Å². The molecule has 0 atom stereocenters. The lowest BCUT2D eigenvalue weighted by molar-refractivity contribution is 0.640. The van der Waals surface area contributed by atoms with E-state index in [9.17, 15) is 0 Å². The molecule has 0 bridgehead atoms. The lowest BCUT2D eigenvalue weighted by atomic mass is 10.1. The molecule has 0 amide bonds. The van der Waals surface area contributed by atoms with Crippen LogP contribution in [0.15, 0.2) is 55.2 Å². The van der Waals surface area contributed by atoms with Crippen molar-refractivity contribution in [2.45, 2.75) is 13.0 Å². The highest BCUT2D eigenvalue weighted by atomic mass is 15.3. The minimum atomic E-state index is 0.584. The first-order valence-electron chi connectivity index (χ1n) is 12.6. The van der Waals surface area contributed by atoms with Gasteiger partial charge in [0.05, 0.1) is 36.1 Å². The number of piperazine rings is 1. The minimum Gasteiger partial charge on any atom is -0.373 e. The van der Waals surface area contributed by atoms with Crippen LogP contribution in [0.5, 0.6) is 0 Å². The first-order valence-corrected chi connectivity index (χ1v) is 12.6. The second-order valence-electron chi connectivity index (χ2n) is 9.49. The van der Waals surface area contributed by atoms with E-state index in [-0.39, 0.29) is 0 Å². The van der Waals surface area contributed by atoms with Crippen molar-refractivity contribution in [2.75, 3.05) is 71.7 Å². The molecule has 190 valence electrons. The Labute approximate surface area is 216 Å². The second kappa shape index (κ2) is 9.92. The molecule has 0 unspecified atom stereocenters. The van der Waals surface area contributed by atoms with Crippen molar-refractivity contribution in [1.29, 1.82) is 0 Å². The Morgan fingerprint density at radius 1 is 0.865 bits per heavy atom. The van der Waals surface area contributed by atoms with Gasteiger partial charge in [0.2, 0.25) is 11.9 Å². The van der Waals surface area contributed by atoms with E-state index in [4.69, 9.17) is 4.98 Å². The Morgan fingerprint density at radius 2 is 1.62 bits per heavy atom. The number of fused-ring (bicyclic) bond motifs is 1. The third kappa shape index (κ3) is 4.84. The molecule has 0 saturated carbocycles. The number of hydrogen-bond donors (Lipinski definition) is 2. The summed E-state index contributed by atoms with van der Waals surface area (Å²) in [5.74, 6) is 2.30. The summed E-state index contributed by atoms with van der Waals surface area (Å²) < 4.78 is 0. The van der Waals surface area contributed by atoms with E-state index in [1.807, 2.05) is 26.4 Å². The van der Waals surface area contributed by atoms with E-state index in [0.29, 0.717) is 5.95 Å². The average molecular weight is 498 g/mol. The maximum atomic E-state index is 4.92. The Bertz CT molecular complexity index is 1330. The molecule has 1 fully saturated rings. The number of nitrogens with one attached hydrogen (secondary N) is 2. The molecular weight excluding hydrogens is 466 g/mol. The Kier molecular flexibility index (Phi) is 6.17.